The van der Waals surface area contributed by atoms with E-state index in [0.717, 1.165) is 22.6 Å². The molecule has 0 aliphatic carbocycles. The number of anilines is 2. The number of carbonyl (C=O) groups is 4. The van der Waals surface area contributed by atoms with Gasteiger partial charge in [0.05, 0.1) is 24.6 Å². The molecule has 0 spiro atoms. The zero-order valence-electron chi connectivity index (χ0n) is 21.1. The number of rotatable bonds is 13. The zero-order valence-corrected chi connectivity index (χ0v) is 21.1. The fraction of sp³-hybridized carbons (Fsp3) is 0.286. The Morgan fingerprint density at radius 1 is 0.553 bits per heavy atom. The van der Waals surface area contributed by atoms with Crippen molar-refractivity contribution < 1.29 is 38.1 Å². The van der Waals surface area contributed by atoms with Gasteiger partial charge in [-0.3, -0.25) is 19.2 Å². The number of hydrogen-bond donors (Lipinski definition) is 0. The monoisotopic (exact) mass is 520 g/mol. The van der Waals surface area contributed by atoms with Gasteiger partial charge in [0, 0.05) is 24.3 Å². The van der Waals surface area contributed by atoms with Crippen molar-refractivity contribution in [3.05, 3.63) is 72.8 Å². The van der Waals surface area contributed by atoms with Crippen molar-refractivity contribution in [2.45, 2.75) is 39.3 Å². The lowest BCUT2D eigenvalue weighted by Crippen LogP contribution is -2.29. The molecular weight excluding hydrogens is 492 g/mol. The summed E-state index contributed by atoms with van der Waals surface area (Å²) < 4.78 is 22.8. The summed E-state index contributed by atoms with van der Waals surface area (Å²) in [5, 5.41) is 0. The van der Waals surface area contributed by atoms with Gasteiger partial charge in [-0.25, -0.2) is 9.80 Å². The average Bonchev–Trinajstić information content (AvgIpc) is 3.41. The topological polar surface area (TPSA) is 112 Å². The van der Waals surface area contributed by atoms with E-state index in [1.165, 1.54) is 24.3 Å². The fourth-order valence-electron chi connectivity index (χ4n) is 3.81. The number of hydrogen-bond acceptors (Lipinski definition) is 8. The highest BCUT2D eigenvalue weighted by atomic mass is 16.7. The SMILES string of the molecule is CC(OCCCCOC(C)Oc1ccc(N2C(=O)C=CC2=O)cc1)Oc1ccc(N2C(=O)C=CC2=O)cc1. The molecule has 2 aliphatic heterocycles. The number of imide groups is 2. The third kappa shape index (κ3) is 6.72. The second-order valence-electron chi connectivity index (χ2n) is 8.50. The number of amides is 4. The molecule has 2 unspecified atom stereocenters. The zero-order chi connectivity index (χ0) is 27.1. The van der Waals surface area contributed by atoms with Crippen LogP contribution in [0.4, 0.5) is 11.4 Å². The van der Waals surface area contributed by atoms with Crippen LogP contribution in [-0.4, -0.2) is 49.4 Å². The van der Waals surface area contributed by atoms with Crippen LogP contribution < -0.4 is 19.3 Å². The van der Waals surface area contributed by atoms with Crippen LogP contribution in [-0.2, 0) is 28.7 Å². The molecule has 4 rings (SSSR count). The molecule has 10 heteroatoms. The van der Waals surface area contributed by atoms with Gasteiger partial charge in [-0.2, -0.15) is 0 Å². The maximum Gasteiger partial charge on any atom is 0.258 e. The van der Waals surface area contributed by atoms with Crippen molar-refractivity contribution in [3.63, 3.8) is 0 Å². The Labute approximate surface area is 220 Å². The molecular formula is C28H28N2O8. The molecule has 0 bridgehead atoms. The highest BCUT2D eigenvalue weighted by Gasteiger charge is 2.26. The van der Waals surface area contributed by atoms with Crippen LogP contribution in [0.5, 0.6) is 11.5 Å². The van der Waals surface area contributed by atoms with E-state index in [-0.39, 0.29) is 23.6 Å². The lowest BCUT2D eigenvalue weighted by molar-refractivity contribution is -0.121. The molecule has 0 saturated carbocycles. The van der Waals surface area contributed by atoms with Crippen LogP contribution in [0, 0.1) is 0 Å². The van der Waals surface area contributed by atoms with Gasteiger partial charge in [-0.15, -0.1) is 0 Å². The number of carbonyl (C=O) groups excluding carboxylic acids is 4. The molecule has 2 aromatic rings. The van der Waals surface area contributed by atoms with Crippen molar-refractivity contribution in [1.82, 2.24) is 0 Å². The second-order valence-corrected chi connectivity index (χ2v) is 8.50. The van der Waals surface area contributed by atoms with E-state index in [9.17, 15) is 19.2 Å². The highest BCUT2D eigenvalue weighted by molar-refractivity contribution is 6.28. The van der Waals surface area contributed by atoms with Crippen molar-refractivity contribution >= 4 is 35.0 Å². The van der Waals surface area contributed by atoms with E-state index in [0.29, 0.717) is 36.1 Å². The van der Waals surface area contributed by atoms with Crippen LogP contribution in [0.1, 0.15) is 26.7 Å². The van der Waals surface area contributed by atoms with Crippen LogP contribution in [0.2, 0.25) is 0 Å². The van der Waals surface area contributed by atoms with Crippen molar-refractivity contribution in [3.8, 4) is 11.5 Å². The summed E-state index contributed by atoms with van der Waals surface area (Å²) in [4.78, 5) is 49.2. The predicted octanol–water partition coefficient (Wildman–Crippen LogP) is 3.51. The standard InChI is InChI=1S/C28H28N2O8/c1-19(37-23-9-5-21(6-10-23)29-25(31)13-14-26(29)32)35-17-3-4-18-36-20(2)38-24-11-7-22(8-12-24)30-27(33)15-16-28(30)34/h5-16,19-20H,3-4,17-18H2,1-2H3. The van der Waals surface area contributed by atoms with Gasteiger partial charge in [0.25, 0.3) is 23.6 Å². The Morgan fingerprint density at radius 3 is 1.18 bits per heavy atom. The van der Waals surface area contributed by atoms with E-state index in [4.69, 9.17) is 18.9 Å². The van der Waals surface area contributed by atoms with Crippen LogP contribution in [0.25, 0.3) is 0 Å². The molecule has 0 fully saturated rings. The summed E-state index contributed by atoms with van der Waals surface area (Å²) in [6, 6.07) is 13.3. The average molecular weight is 521 g/mol. The molecule has 2 heterocycles. The molecule has 0 saturated heterocycles. The predicted molar refractivity (Wildman–Crippen MR) is 137 cm³/mol. The molecule has 0 radical (unpaired) electrons. The summed E-state index contributed by atoms with van der Waals surface area (Å²) >= 11 is 0. The van der Waals surface area contributed by atoms with Crippen molar-refractivity contribution in [2.24, 2.45) is 0 Å². The van der Waals surface area contributed by atoms with Crippen LogP contribution >= 0.6 is 0 Å². The maximum atomic E-state index is 11.8. The van der Waals surface area contributed by atoms with Gasteiger partial charge in [0.15, 0.2) is 12.6 Å². The van der Waals surface area contributed by atoms with Gasteiger partial charge < -0.3 is 18.9 Å². The molecule has 0 aromatic heterocycles. The number of nitrogens with zero attached hydrogens (tertiary/aromatic N) is 2. The van der Waals surface area contributed by atoms with Gasteiger partial charge in [0.2, 0.25) is 0 Å². The molecule has 38 heavy (non-hydrogen) atoms. The first-order valence-corrected chi connectivity index (χ1v) is 12.2. The lowest BCUT2D eigenvalue weighted by atomic mass is 10.2. The highest BCUT2D eigenvalue weighted by Crippen LogP contribution is 2.24. The summed E-state index contributed by atoms with van der Waals surface area (Å²) in [7, 11) is 0. The smallest absolute Gasteiger partial charge is 0.258 e. The molecule has 198 valence electrons. The summed E-state index contributed by atoms with van der Waals surface area (Å²) in [5.74, 6) is -0.351. The molecule has 10 nitrogen and oxygen atoms in total. The van der Waals surface area contributed by atoms with E-state index in [2.05, 4.69) is 0 Å². The largest absolute Gasteiger partial charge is 0.465 e. The molecule has 0 N–H and O–H groups in total. The molecule has 2 aliphatic rings. The van der Waals surface area contributed by atoms with Crippen molar-refractivity contribution in [1.29, 1.82) is 0 Å². The lowest BCUT2D eigenvalue weighted by Gasteiger charge is -2.18. The number of benzene rings is 2. The summed E-state index contributed by atoms with van der Waals surface area (Å²) in [6.45, 7) is 4.53. The Balaban J connectivity index is 1.09. The Kier molecular flexibility index (Phi) is 8.67. The minimum atomic E-state index is -0.481. The second kappa shape index (κ2) is 12.3. The Hall–Kier alpha value is -4.28. The first-order chi connectivity index (χ1) is 18.3. The van der Waals surface area contributed by atoms with Crippen molar-refractivity contribution in [2.75, 3.05) is 23.0 Å². The molecule has 2 aromatic carbocycles. The molecule has 4 amide bonds. The van der Waals surface area contributed by atoms with E-state index >= 15 is 0 Å². The third-order valence-electron chi connectivity index (χ3n) is 5.66. The van der Waals surface area contributed by atoms with E-state index < -0.39 is 12.6 Å². The van der Waals surface area contributed by atoms with E-state index in [1.807, 2.05) is 0 Å². The fourth-order valence-corrected chi connectivity index (χ4v) is 3.81. The number of unbranched alkanes of at least 4 members (excludes halogenated alkanes) is 1. The van der Waals surface area contributed by atoms with Crippen LogP contribution in [0.15, 0.2) is 72.8 Å². The van der Waals surface area contributed by atoms with Gasteiger partial charge in [0.1, 0.15) is 11.5 Å². The van der Waals surface area contributed by atoms with Gasteiger partial charge >= 0.3 is 0 Å². The minimum Gasteiger partial charge on any atom is -0.465 e. The maximum absolute atomic E-state index is 11.8. The summed E-state index contributed by atoms with van der Waals surface area (Å²) in [6.07, 6.45) is 5.51. The molecule has 2 atom stereocenters. The van der Waals surface area contributed by atoms with Gasteiger partial charge in [-0.05, 0) is 75.2 Å². The normalized spacial score (nSPS) is 16.5. The Bertz CT molecular complexity index is 1100. The number of ether oxygens (including phenoxy) is 4. The quantitative estimate of drug-likeness (QED) is 0.224. The third-order valence-corrected chi connectivity index (χ3v) is 5.66. The van der Waals surface area contributed by atoms with Gasteiger partial charge in [-0.1, -0.05) is 0 Å². The Morgan fingerprint density at radius 2 is 0.868 bits per heavy atom. The minimum absolute atomic E-state index is 0.368. The van der Waals surface area contributed by atoms with Crippen LogP contribution in [0.3, 0.4) is 0 Å². The first kappa shape index (κ1) is 26.8. The first-order valence-electron chi connectivity index (χ1n) is 12.2. The summed E-state index contributed by atoms with van der Waals surface area (Å²) in [5.41, 5.74) is 0.961. The van der Waals surface area contributed by atoms with E-state index in [1.54, 1.807) is 62.4 Å².